The average Bonchev–Trinajstić information content (AvgIpc) is 3.12. The Kier molecular flexibility index (Phi) is 3.06. The van der Waals surface area contributed by atoms with Crippen LogP contribution in [0.5, 0.6) is 0 Å². The molecule has 1 aromatic heterocycles. The highest BCUT2D eigenvalue weighted by atomic mass is 32.2. The molecule has 0 bridgehead atoms. The van der Waals surface area contributed by atoms with Crippen LogP contribution in [0.25, 0.3) is 15.8 Å². The van der Waals surface area contributed by atoms with E-state index in [2.05, 4.69) is 9.89 Å². The number of aliphatic imine (C=N–C) groups is 1. The maximum Gasteiger partial charge on any atom is 0.168 e. The molecule has 4 rings (SSSR count). The lowest BCUT2D eigenvalue weighted by Crippen LogP contribution is -2.20. The quantitative estimate of drug-likeness (QED) is 0.920. The van der Waals surface area contributed by atoms with Gasteiger partial charge in [0.1, 0.15) is 5.82 Å². The number of benzene rings is 1. The van der Waals surface area contributed by atoms with E-state index < -0.39 is 6.10 Å². The molecule has 0 radical (unpaired) electrons. The van der Waals surface area contributed by atoms with Gasteiger partial charge in [-0.3, -0.25) is 4.99 Å². The topological polar surface area (TPSA) is 35.8 Å². The molecule has 6 heteroatoms. The van der Waals surface area contributed by atoms with E-state index in [4.69, 9.17) is 0 Å². The van der Waals surface area contributed by atoms with Crippen LogP contribution in [0.15, 0.2) is 33.5 Å². The zero-order chi connectivity index (χ0) is 14.6. The Morgan fingerprint density at radius 3 is 3.10 bits per heavy atom. The molecule has 108 valence electrons. The van der Waals surface area contributed by atoms with Gasteiger partial charge in [0.2, 0.25) is 0 Å². The van der Waals surface area contributed by atoms with Crippen molar-refractivity contribution in [3.8, 4) is 0 Å². The minimum atomic E-state index is -0.583. The average molecular weight is 320 g/mol. The van der Waals surface area contributed by atoms with E-state index in [1.54, 1.807) is 19.1 Å². The van der Waals surface area contributed by atoms with Crippen molar-refractivity contribution in [3.63, 3.8) is 0 Å². The van der Waals surface area contributed by atoms with E-state index in [-0.39, 0.29) is 5.82 Å². The second-order valence-corrected chi connectivity index (χ2v) is 7.05. The van der Waals surface area contributed by atoms with Crippen molar-refractivity contribution >= 4 is 44.0 Å². The Bertz CT molecular complexity index is 794. The maximum absolute atomic E-state index is 14.3. The molecule has 1 aromatic carbocycles. The highest BCUT2D eigenvalue weighted by Gasteiger charge is 2.35. The van der Waals surface area contributed by atoms with Crippen LogP contribution in [0.4, 0.5) is 4.39 Å². The normalized spacial score (nSPS) is 19.4. The van der Waals surface area contributed by atoms with Gasteiger partial charge in [-0.2, -0.15) is 0 Å². The number of amidine groups is 1. The zero-order valence-corrected chi connectivity index (χ0v) is 13.0. The number of aliphatic hydroxyl groups is 1. The summed E-state index contributed by atoms with van der Waals surface area (Å²) in [6.07, 6.45) is -0.583. The van der Waals surface area contributed by atoms with Crippen LogP contribution in [0.2, 0.25) is 0 Å². The zero-order valence-electron chi connectivity index (χ0n) is 11.3. The number of aliphatic hydroxyl groups excluding tert-OH is 1. The Morgan fingerprint density at radius 2 is 2.29 bits per heavy atom. The van der Waals surface area contributed by atoms with Crippen molar-refractivity contribution in [2.75, 3.05) is 13.1 Å². The fraction of sp³-hybridized carbons (Fsp3) is 0.267. The summed E-state index contributed by atoms with van der Waals surface area (Å²) < 4.78 is 15.2. The summed E-state index contributed by atoms with van der Waals surface area (Å²) in [7, 11) is 0. The molecule has 3 heterocycles. The molecular weight excluding hydrogens is 307 g/mol. The molecular formula is C15H13FN2OS2. The van der Waals surface area contributed by atoms with Crippen LogP contribution in [0.1, 0.15) is 12.5 Å². The summed E-state index contributed by atoms with van der Waals surface area (Å²) in [6, 6.07) is 5.37. The highest BCUT2D eigenvalue weighted by Crippen LogP contribution is 2.44. The predicted octanol–water partition coefficient (Wildman–Crippen LogP) is 3.51. The van der Waals surface area contributed by atoms with E-state index in [9.17, 15) is 9.50 Å². The lowest BCUT2D eigenvalue weighted by molar-refractivity contribution is 0.240. The van der Waals surface area contributed by atoms with Crippen LogP contribution < -0.4 is 0 Å². The highest BCUT2D eigenvalue weighted by molar-refractivity contribution is 8.17. The van der Waals surface area contributed by atoms with Gasteiger partial charge >= 0.3 is 0 Å². The SMILES string of the molecule is CC(O)C1=C(c2cc(F)c3ccsc3c2)N2CCN=C2S1. The molecule has 0 saturated heterocycles. The number of thioether (sulfide) groups is 1. The first-order valence-electron chi connectivity index (χ1n) is 6.74. The number of hydrogen-bond acceptors (Lipinski definition) is 5. The third kappa shape index (κ3) is 2.01. The van der Waals surface area contributed by atoms with Gasteiger partial charge in [0.15, 0.2) is 5.17 Å². The lowest BCUT2D eigenvalue weighted by Gasteiger charge is -2.18. The van der Waals surface area contributed by atoms with Gasteiger partial charge in [-0.1, -0.05) is 11.8 Å². The lowest BCUT2D eigenvalue weighted by atomic mass is 10.1. The van der Waals surface area contributed by atoms with Crippen molar-refractivity contribution < 1.29 is 9.50 Å². The van der Waals surface area contributed by atoms with Gasteiger partial charge < -0.3 is 10.0 Å². The van der Waals surface area contributed by atoms with Gasteiger partial charge in [0.05, 0.1) is 18.3 Å². The Balaban J connectivity index is 1.92. The molecule has 2 aliphatic rings. The summed E-state index contributed by atoms with van der Waals surface area (Å²) in [5.74, 6) is -0.212. The van der Waals surface area contributed by atoms with E-state index >= 15 is 0 Å². The predicted molar refractivity (Wildman–Crippen MR) is 87.0 cm³/mol. The third-order valence-electron chi connectivity index (χ3n) is 3.68. The first kappa shape index (κ1) is 13.3. The van der Waals surface area contributed by atoms with Crippen molar-refractivity contribution in [2.24, 2.45) is 4.99 Å². The van der Waals surface area contributed by atoms with Gasteiger partial charge in [-0.05, 0) is 30.5 Å². The molecule has 0 spiro atoms. The fourth-order valence-electron chi connectivity index (χ4n) is 2.75. The van der Waals surface area contributed by atoms with Crippen molar-refractivity contribution in [3.05, 3.63) is 39.9 Å². The molecule has 1 unspecified atom stereocenters. The van der Waals surface area contributed by atoms with Crippen LogP contribution in [0.3, 0.4) is 0 Å². The van der Waals surface area contributed by atoms with Gasteiger partial charge in [0.25, 0.3) is 0 Å². The molecule has 3 nitrogen and oxygen atoms in total. The number of hydrogen-bond donors (Lipinski definition) is 1. The molecule has 0 saturated carbocycles. The second kappa shape index (κ2) is 4.83. The molecule has 1 atom stereocenters. The monoisotopic (exact) mass is 320 g/mol. The molecule has 1 N–H and O–H groups in total. The number of rotatable bonds is 2. The van der Waals surface area contributed by atoms with E-state index in [0.717, 1.165) is 39.1 Å². The third-order valence-corrected chi connectivity index (χ3v) is 5.83. The summed E-state index contributed by atoms with van der Waals surface area (Å²) >= 11 is 3.02. The summed E-state index contributed by atoms with van der Waals surface area (Å²) in [5, 5.41) is 13.5. The number of halogens is 1. The summed E-state index contributed by atoms with van der Waals surface area (Å²) in [6.45, 7) is 3.28. The van der Waals surface area contributed by atoms with E-state index in [1.165, 1.54) is 23.1 Å². The molecule has 2 aromatic rings. The van der Waals surface area contributed by atoms with Crippen LogP contribution >= 0.6 is 23.1 Å². The molecule has 2 aliphatic heterocycles. The molecule has 21 heavy (non-hydrogen) atoms. The van der Waals surface area contributed by atoms with Crippen molar-refractivity contribution in [1.29, 1.82) is 0 Å². The van der Waals surface area contributed by atoms with Gasteiger partial charge in [-0.25, -0.2) is 4.39 Å². The summed E-state index contributed by atoms with van der Waals surface area (Å²) in [4.78, 5) is 7.38. The first-order chi connectivity index (χ1) is 10.1. The van der Waals surface area contributed by atoms with E-state index in [1.807, 2.05) is 11.4 Å². The van der Waals surface area contributed by atoms with E-state index in [0.29, 0.717) is 5.39 Å². The van der Waals surface area contributed by atoms with Crippen LogP contribution in [-0.2, 0) is 0 Å². The fourth-order valence-corrected chi connectivity index (χ4v) is 4.73. The number of thiophene rings is 1. The molecule has 0 amide bonds. The largest absolute Gasteiger partial charge is 0.388 e. The minimum Gasteiger partial charge on any atom is -0.388 e. The van der Waals surface area contributed by atoms with Crippen LogP contribution in [-0.4, -0.2) is 34.4 Å². The molecule has 0 aliphatic carbocycles. The number of fused-ring (bicyclic) bond motifs is 2. The van der Waals surface area contributed by atoms with Gasteiger partial charge in [0, 0.05) is 27.1 Å². The Labute approximate surface area is 129 Å². The Hall–Kier alpha value is -1.37. The molecule has 0 fully saturated rings. The standard InChI is InChI=1S/C15H13FN2OS2/c1-8(19)14-13(18-4-3-17-15(18)21-14)9-6-11(16)10-2-5-20-12(10)7-9/h2,5-8,19H,3-4H2,1H3. The Morgan fingerprint density at radius 1 is 1.43 bits per heavy atom. The first-order valence-corrected chi connectivity index (χ1v) is 8.44. The van der Waals surface area contributed by atoms with Crippen molar-refractivity contribution in [2.45, 2.75) is 13.0 Å². The summed E-state index contributed by atoms with van der Waals surface area (Å²) in [5.41, 5.74) is 1.72. The smallest absolute Gasteiger partial charge is 0.168 e. The minimum absolute atomic E-state index is 0.212. The second-order valence-electron chi connectivity index (χ2n) is 5.10. The van der Waals surface area contributed by atoms with Gasteiger partial charge in [-0.15, -0.1) is 11.3 Å². The van der Waals surface area contributed by atoms with Crippen molar-refractivity contribution in [1.82, 2.24) is 4.90 Å². The maximum atomic E-state index is 14.3. The number of nitrogens with zero attached hydrogens (tertiary/aromatic N) is 2. The van der Waals surface area contributed by atoms with Crippen LogP contribution in [0, 0.1) is 5.82 Å².